The zero-order chi connectivity index (χ0) is 11.6. The van der Waals surface area contributed by atoms with Crippen LogP contribution in [-0.2, 0) is 4.74 Å². The number of para-hydroxylation sites is 1. The van der Waals surface area contributed by atoms with Crippen molar-refractivity contribution < 1.29 is 4.74 Å². The van der Waals surface area contributed by atoms with Crippen LogP contribution in [0.1, 0.15) is 19.8 Å². The van der Waals surface area contributed by atoms with E-state index in [2.05, 4.69) is 24.0 Å². The minimum absolute atomic E-state index is 0.792. The Morgan fingerprint density at radius 1 is 1.25 bits per heavy atom. The van der Waals surface area contributed by atoms with E-state index < -0.39 is 0 Å². The van der Waals surface area contributed by atoms with Gasteiger partial charge in [0.2, 0.25) is 0 Å². The number of ether oxygens (including phenoxy) is 1. The molecule has 0 spiro atoms. The van der Waals surface area contributed by atoms with E-state index in [0.29, 0.717) is 0 Å². The molecule has 0 aliphatic heterocycles. The maximum absolute atomic E-state index is 5.48. The molecule has 2 nitrogen and oxygen atoms in total. The summed E-state index contributed by atoms with van der Waals surface area (Å²) in [4.78, 5) is 0. The fourth-order valence-electron chi connectivity index (χ4n) is 1.31. The SMILES string of the molecule is C=C(C)CCOCCCNc1ccccc1. The first-order valence-corrected chi connectivity index (χ1v) is 5.80. The Morgan fingerprint density at radius 2 is 2.00 bits per heavy atom. The summed E-state index contributed by atoms with van der Waals surface area (Å²) in [6, 6.07) is 10.2. The third-order valence-corrected chi connectivity index (χ3v) is 2.24. The lowest BCUT2D eigenvalue weighted by molar-refractivity contribution is 0.137. The molecule has 0 saturated heterocycles. The molecule has 1 aromatic carbocycles. The number of rotatable bonds is 8. The van der Waals surface area contributed by atoms with Gasteiger partial charge in [0.15, 0.2) is 0 Å². The molecule has 1 N–H and O–H groups in total. The van der Waals surface area contributed by atoms with E-state index in [1.807, 2.05) is 25.1 Å². The molecule has 0 aromatic heterocycles. The van der Waals surface area contributed by atoms with Crippen molar-refractivity contribution in [1.29, 1.82) is 0 Å². The highest BCUT2D eigenvalue weighted by Crippen LogP contribution is 2.04. The first-order chi connectivity index (χ1) is 7.79. The summed E-state index contributed by atoms with van der Waals surface area (Å²) in [6.45, 7) is 8.42. The van der Waals surface area contributed by atoms with Gasteiger partial charge >= 0.3 is 0 Å². The van der Waals surface area contributed by atoms with E-state index in [1.54, 1.807) is 0 Å². The molecular formula is C14H21NO. The smallest absolute Gasteiger partial charge is 0.0503 e. The third-order valence-electron chi connectivity index (χ3n) is 2.24. The average Bonchev–Trinajstić information content (AvgIpc) is 2.29. The van der Waals surface area contributed by atoms with Gasteiger partial charge in [-0.25, -0.2) is 0 Å². The highest BCUT2D eigenvalue weighted by molar-refractivity contribution is 5.42. The molecule has 0 fully saturated rings. The normalized spacial score (nSPS) is 10.1. The lowest BCUT2D eigenvalue weighted by Crippen LogP contribution is -2.06. The highest BCUT2D eigenvalue weighted by atomic mass is 16.5. The van der Waals surface area contributed by atoms with Gasteiger partial charge in [0.05, 0.1) is 6.61 Å². The Morgan fingerprint density at radius 3 is 2.69 bits per heavy atom. The summed E-state index contributed by atoms with van der Waals surface area (Å²) in [7, 11) is 0. The van der Waals surface area contributed by atoms with Crippen molar-refractivity contribution in [2.45, 2.75) is 19.8 Å². The lowest BCUT2D eigenvalue weighted by atomic mass is 10.3. The standard InChI is InChI=1S/C14H21NO/c1-13(2)9-12-16-11-6-10-15-14-7-4-3-5-8-14/h3-5,7-8,15H,1,6,9-12H2,2H3. The molecule has 0 unspecified atom stereocenters. The van der Waals surface area contributed by atoms with Crippen LogP contribution >= 0.6 is 0 Å². The summed E-state index contributed by atoms with van der Waals surface area (Å²) < 4.78 is 5.48. The van der Waals surface area contributed by atoms with E-state index in [4.69, 9.17) is 4.74 Å². The van der Waals surface area contributed by atoms with Crippen LogP contribution in [0.3, 0.4) is 0 Å². The van der Waals surface area contributed by atoms with Crippen molar-refractivity contribution >= 4 is 5.69 Å². The van der Waals surface area contributed by atoms with Gasteiger partial charge in [-0.2, -0.15) is 0 Å². The molecule has 0 atom stereocenters. The largest absolute Gasteiger partial charge is 0.385 e. The zero-order valence-corrected chi connectivity index (χ0v) is 10.0. The minimum Gasteiger partial charge on any atom is -0.385 e. The van der Waals surface area contributed by atoms with Crippen molar-refractivity contribution in [3.63, 3.8) is 0 Å². The molecule has 0 aliphatic carbocycles. The summed E-state index contributed by atoms with van der Waals surface area (Å²) in [6.07, 6.45) is 2.00. The maximum atomic E-state index is 5.48. The second-order valence-corrected chi connectivity index (χ2v) is 3.97. The number of anilines is 1. The van der Waals surface area contributed by atoms with Gasteiger partial charge in [0.1, 0.15) is 0 Å². The van der Waals surface area contributed by atoms with Crippen molar-refractivity contribution in [2.24, 2.45) is 0 Å². The van der Waals surface area contributed by atoms with Gasteiger partial charge < -0.3 is 10.1 Å². The Labute approximate surface area is 98.3 Å². The lowest BCUT2D eigenvalue weighted by Gasteiger charge is -2.06. The molecule has 0 amide bonds. The Hall–Kier alpha value is -1.28. The van der Waals surface area contributed by atoms with E-state index >= 15 is 0 Å². The van der Waals surface area contributed by atoms with Crippen LogP contribution in [0.5, 0.6) is 0 Å². The monoisotopic (exact) mass is 219 g/mol. The van der Waals surface area contributed by atoms with Gasteiger partial charge in [-0.15, -0.1) is 6.58 Å². The predicted molar refractivity (Wildman–Crippen MR) is 69.8 cm³/mol. The molecule has 16 heavy (non-hydrogen) atoms. The Balaban J connectivity index is 1.94. The maximum Gasteiger partial charge on any atom is 0.0503 e. The highest BCUT2D eigenvalue weighted by Gasteiger charge is 1.91. The van der Waals surface area contributed by atoms with Crippen LogP contribution in [-0.4, -0.2) is 19.8 Å². The topological polar surface area (TPSA) is 21.3 Å². The Bertz CT molecular complexity index is 295. The summed E-state index contributed by atoms with van der Waals surface area (Å²) in [5.74, 6) is 0. The summed E-state index contributed by atoms with van der Waals surface area (Å²) >= 11 is 0. The molecule has 0 saturated carbocycles. The van der Waals surface area contributed by atoms with E-state index in [1.165, 1.54) is 11.3 Å². The van der Waals surface area contributed by atoms with Gasteiger partial charge in [-0.1, -0.05) is 23.8 Å². The first kappa shape index (κ1) is 12.8. The van der Waals surface area contributed by atoms with Crippen LogP contribution < -0.4 is 5.32 Å². The van der Waals surface area contributed by atoms with Crippen LogP contribution in [0.25, 0.3) is 0 Å². The summed E-state index contributed by atoms with van der Waals surface area (Å²) in [5.41, 5.74) is 2.35. The van der Waals surface area contributed by atoms with E-state index in [9.17, 15) is 0 Å². The second kappa shape index (κ2) is 7.94. The van der Waals surface area contributed by atoms with Crippen LogP contribution in [0.15, 0.2) is 42.5 Å². The van der Waals surface area contributed by atoms with E-state index in [-0.39, 0.29) is 0 Å². The number of nitrogens with one attached hydrogen (secondary N) is 1. The fraction of sp³-hybridized carbons (Fsp3) is 0.429. The fourth-order valence-corrected chi connectivity index (χ4v) is 1.31. The number of hydrogen-bond donors (Lipinski definition) is 1. The second-order valence-electron chi connectivity index (χ2n) is 3.97. The van der Waals surface area contributed by atoms with Crippen molar-refractivity contribution in [1.82, 2.24) is 0 Å². The molecule has 1 aromatic rings. The van der Waals surface area contributed by atoms with Gasteiger partial charge in [-0.05, 0) is 31.9 Å². The third kappa shape index (κ3) is 6.25. The predicted octanol–water partition coefficient (Wildman–Crippen LogP) is 3.47. The summed E-state index contributed by atoms with van der Waals surface area (Å²) in [5, 5.41) is 3.35. The Kier molecular flexibility index (Phi) is 6.35. The van der Waals surface area contributed by atoms with Crippen molar-refractivity contribution in [3.8, 4) is 0 Å². The van der Waals surface area contributed by atoms with Crippen molar-refractivity contribution in [3.05, 3.63) is 42.5 Å². The molecule has 1 rings (SSSR count). The molecule has 88 valence electrons. The van der Waals surface area contributed by atoms with Crippen LogP contribution in [0.2, 0.25) is 0 Å². The van der Waals surface area contributed by atoms with E-state index in [0.717, 1.165) is 32.6 Å². The van der Waals surface area contributed by atoms with Gasteiger partial charge in [0, 0.05) is 18.8 Å². The first-order valence-electron chi connectivity index (χ1n) is 5.80. The quantitative estimate of drug-likeness (QED) is 0.534. The number of hydrogen-bond acceptors (Lipinski definition) is 2. The molecule has 2 heteroatoms. The average molecular weight is 219 g/mol. The van der Waals surface area contributed by atoms with Crippen LogP contribution in [0, 0.1) is 0 Å². The van der Waals surface area contributed by atoms with Gasteiger partial charge in [0.25, 0.3) is 0 Å². The molecule has 0 radical (unpaired) electrons. The minimum atomic E-state index is 0.792. The molecule has 0 aliphatic rings. The van der Waals surface area contributed by atoms with Crippen LogP contribution in [0.4, 0.5) is 5.69 Å². The van der Waals surface area contributed by atoms with Crippen molar-refractivity contribution in [2.75, 3.05) is 25.1 Å². The zero-order valence-electron chi connectivity index (χ0n) is 10.0. The molecule has 0 bridgehead atoms. The van der Waals surface area contributed by atoms with Gasteiger partial charge in [-0.3, -0.25) is 0 Å². The molecular weight excluding hydrogens is 198 g/mol. The number of benzene rings is 1. The molecule has 0 heterocycles.